The van der Waals surface area contributed by atoms with E-state index in [-0.39, 0.29) is 24.3 Å². The van der Waals surface area contributed by atoms with Gasteiger partial charge in [-0.1, -0.05) is 0 Å². The fourth-order valence-electron chi connectivity index (χ4n) is 3.58. The van der Waals surface area contributed by atoms with E-state index in [1.165, 1.54) is 0 Å². The van der Waals surface area contributed by atoms with Gasteiger partial charge in [-0.3, -0.25) is 19.7 Å². The minimum Gasteiger partial charge on any atom is -0.444 e. The molecule has 1 aliphatic rings. The van der Waals surface area contributed by atoms with Crippen molar-refractivity contribution >= 4 is 34.4 Å². The molecule has 1 unspecified atom stereocenters. The number of nitrogens with one attached hydrogen (secondary N) is 3. The molecule has 10 nitrogen and oxygen atoms in total. The first-order valence-corrected chi connectivity index (χ1v) is 11.2. The molecule has 0 spiro atoms. The first-order valence-electron chi connectivity index (χ1n) is 11.2. The summed E-state index contributed by atoms with van der Waals surface area (Å²) in [6, 6.07) is 4.61. The van der Waals surface area contributed by atoms with Crippen molar-refractivity contribution in [3.05, 3.63) is 34.7 Å². The second kappa shape index (κ2) is 10.5. The highest BCUT2D eigenvalue weighted by molar-refractivity contribution is 5.99. The summed E-state index contributed by atoms with van der Waals surface area (Å²) in [6.45, 7) is 6.80. The summed E-state index contributed by atoms with van der Waals surface area (Å²) >= 11 is 0. The molecule has 3 N–H and O–H groups in total. The maximum atomic E-state index is 12.8. The van der Waals surface area contributed by atoms with Crippen molar-refractivity contribution in [1.82, 2.24) is 20.4 Å². The predicted molar refractivity (Wildman–Crippen MR) is 124 cm³/mol. The quantitative estimate of drug-likeness (QED) is 0.410. The van der Waals surface area contributed by atoms with Crippen LogP contribution in [0.2, 0.25) is 0 Å². The largest absolute Gasteiger partial charge is 0.444 e. The summed E-state index contributed by atoms with van der Waals surface area (Å²) in [4.78, 5) is 47.9. The number of carbonyl (C=O) groups excluding carboxylic acids is 3. The number of benzene rings is 1. The van der Waals surface area contributed by atoms with Crippen LogP contribution in [0, 0.1) is 0 Å². The van der Waals surface area contributed by atoms with Gasteiger partial charge in [-0.05, 0) is 64.7 Å². The maximum Gasteiger partial charge on any atom is 0.407 e. The molecule has 0 radical (unpaired) electrons. The lowest BCUT2D eigenvalue weighted by atomic mass is 10.1. The average molecular weight is 458 g/mol. The molecule has 33 heavy (non-hydrogen) atoms. The van der Waals surface area contributed by atoms with Crippen LogP contribution in [0.5, 0.6) is 0 Å². The van der Waals surface area contributed by atoms with Crippen LogP contribution in [0.15, 0.2) is 29.2 Å². The Bertz CT molecular complexity index is 1090. The van der Waals surface area contributed by atoms with Crippen LogP contribution >= 0.6 is 0 Å². The smallest absolute Gasteiger partial charge is 0.407 e. The maximum absolute atomic E-state index is 12.8. The van der Waals surface area contributed by atoms with Gasteiger partial charge in [0.1, 0.15) is 11.6 Å². The number of amides is 3. The minimum absolute atomic E-state index is 0.183. The summed E-state index contributed by atoms with van der Waals surface area (Å²) in [7, 11) is 0. The number of aromatic nitrogens is 2. The van der Waals surface area contributed by atoms with Crippen LogP contribution in [-0.4, -0.2) is 46.4 Å². The van der Waals surface area contributed by atoms with Gasteiger partial charge < -0.3 is 15.4 Å². The Hall–Kier alpha value is -3.43. The van der Waals surface area contributed by atoms with E-state index in [1.54, 1.807) is 12.3 Å². The Morgan fingerprint density at radius 3 is 2.67 bits per heavy atom. The van der Waals surface area contributed by atoms with Crippen LogP contribution in [0.4, 0.5) is 10.5 Å². The number of nitrogens with zero attached hydrogens (tertiary/aromatic N) is 2. The first-order chi connectivity index (χ1) is 15.6. The van der Waals surface area contributed by atoms with Crippen molar-refractivity contribution in [3.63, 3.8) is 0 Å². The Labute approximate surface area is 192 Å². The van der Waals surface area contributed by atoms with Gasteiger partial charge in [0.25, 0.3) is 11.5 Å². The van der Waals surface area contributed by atoms with Gasteiger partial charge in [-0.15, -0.1) is 0 Å². The lowest BCUT2D eigenvalue weighted by Crippen LogP contribution is -2.45. The number of imide groups is 1. The van der Waals surface area contributed by atoms with E-state index in [4.69, 9.17) is 4.74 Å². The molecule has 2 heterocycles. The number of anilines is 1. The van der Waals surface area contributed by atoms with Gasteiger partial charge in [0, 0.05) is 30.6 Å². The van der Waals surface area contributed by atoms with Crippen molar-refractivity contribution in [2.45, 2.75) is 64.5 Å². The predicted octanol–water partition coefficient (Wildman–Crippen LogP) is 2.48. The molecular weight excluding hydrogens is 426 g/mol. The molecule has 3 rings (SSSR count). The van der Waals surface area contributed by atoms with Gasteiger partial charge >= 0.3 is 6.09 Å². The van der Waals surface area contributed by atoms with E-state index < -0.39 is 23.6 Å². The number of carbonyl (C=O) groups is 3. The van der Waals surface area contributed by atoms with E-state index >= 15 is 0 Å². The highest BCUT2D eigenvalue weighted by atomic mass is 16.6. The lowest BCUT2D eigenvalue weighted by molar-refractivity contribution is -0.136. The number of hydrogen-bond acceptors (Lipinski definition) is 7. The molecule has 0 saturated carbocycles. The molecule has 178 valence electrons. The van der Waals surface area contributed by atoms with Gasteiger partial charge in [0.15, 0.2) is 0 Å². The normalized spacial score (nSPS) is 16.4. The number of hydrogen-bond donors (Lipinski definition) is 3. The summed E-state index contributed by atoms with van der Waals surface area (Å²) in [6.07, 6.45) is 4.31. The number of alkyl carbamates (subject to hydrolysis) is 1. The lowest BCUT2D eigenvalue weighted by Gasteiger charge is -2.21. The molecule has 1 aliphatic heterocycles. The standard InChI is InChI=1S/C23H31N5O5/c1-23(2,3)33-22(32)25-12-6-4-5-11-24-16-7-8-17-15(13-16)14-26-28(21(17)31)18-9-10-19(29)27-20(18)30/h7-8,13-14,18,24H,4-6,9-12H2,1-3H3,(H,25,32)(H,27,29,30). The third-order valence-electron chi connectivity index (χ3n) is 5.17. The zero-order valence-electron chi connectivity index (χ0n) is 19.3. The minimum atomic E-state index is -0.776. The highest BCUT2D eigenvalue weighted by Gasteiger charge is 2.29. The van der Waals surface area contributed by atoms with Crippen LogP contribution in [-0.2, 0) is 14.3 Å². The van der Waals surface area contributed by atoms with Crippen LogP contribution in [0.3, 0.4) is 0 Å². The van der Waals surface area contributed by atoms with E-state index in [0.717, 1.165) is 36.2 Å². The fraction of sp³-hybridized carbons (Fsp3) is 0.522. The molecule has 3 amide bonds. The summed E-state index contributed by atoms with van der Waals surface area (Å²) < 4.78 is 6.35. The number of unbranched alkanes of at least 4 members (excludes halogenated alkanes) is 2. The molecule has 1 fully saturated rings. The Balaban J connectivity index is 1.48. The van der Waals surface area contributed by atoms with Crippen molar-refractivity contribution in [2.75, 3.05) is 18.4 Å². The van der Waals surface area contributed by atoms with Crippen LogP contribution in [0.25, 0.3) is 10.8 Å². The van der Waals surface area contributed by atoms with Crippen molar-refractivity contribution in [3.8, 4) is 0 Å². The Kier molecular flexibility index (Phi) is 7.67. The molecule has 1 atom stereocenters. The Morgan fingerprint density at radius 2 is 1.94 bits per heavy atom. The molecule has 1 aromatic carbocycles. The van der Waals surface area contributed by atoms with Crippen LogP contribution < -0.4 is 21.5 Å². The SMILES string of the molecule is CC(C)(C)OC(=O)NCCCCCNc1ccc2c(=O)n(C3CCC(=O)NC3=O)ncc2c1. The fourth-order valence-corrected chi connectivity index (χ4v) is 3.58. The first kappa shape index (κ1) is 24.2. The monoisotopic (exact) mass is 457 g/mol. The second-order valence-electron chi connectivity index (χ2n) is 9.08. The second-order valence-corrected chi connectivity index (χ2v) is 9.08. The summed E-state index contributed by atoms with van der Waals surface area (Å²) in [5, 5.41) is 13.6. The van der Waals surface area contributed by atoms with E-state index in [2.05, 4.69) is 21.0 Å². The third kappa shape index (κ3) is 6.77. The van der Waals surface area contributed by atoms with E-state index in [9.17, 15) is 19.2 Å². The molecule has 0 bridgehead atoms. The van der Waals surface area contributed by atoms with Crippen molar-refractivity contribution < 1.29 is 19.1 Å². The summed E-state index contributed by atoms with van der Waals surface area (Å²) in [5.74, 6) is -0.833. The molecular formula is C23H31N5O5. The van der Waals surface area contributed by atoms with Gasteiger partial charge in [-0.2, -0.15) is 5.10 Å². The van der Waals surface area contributed by atoms with Crippen molar-refractivity contribution in [2.24, 2.45) is 0 Å². The number of piperidine rings is 1. The Morgan fingerprint density at radius 1 is 1.18 bits per heavy atom. The van der Waals surface area contributed by atoms with Crippen molar-refractivity contribution in [1.29, 1.82) is 0 Å². The van der Waals surface area contributed by atoms with Gasteiger partial charge in [-0.25, -0.2) is 9.48 Å². The molecule has 10 heteroatoms. The molecule has 0 aliphatic carbocycles. The number of fused-ring (bicyclic) bond motifs is 1. The van der Waals surface area contributed by atoms with E-state index in [0.29, 0.717) is 17.3 Å². The molecule has 2 aromatic rings. The number of rotatable bonds is 8. The van der Waals surface area contributed by atoms with Crippen LogP contribution in [0.1, 0.15) is 58.9 Å². The topological polar surface area (TPSA) is 131 Å². The highest BCUT2D eigenvalue weighted by Crippen LogP contribution is 2.19. The zero-order chi connectivity index (χ0) is 24.0. The zero-order valence-corrected chi connectivity index (χ0v) is 19.3. The van der Waals surface area contributed by atoms with Gasteiger partial charge in [0.05, 0.1) is 11.6 Å². The molecule has 1 saturated heterocycles. The third-order valence-corrected chi connectivity index (χ3v) is 5.17. The van der Waals surface area contributed by atoms with Gasteiger partial charge in [0.2, 0.25) is 5.91 Å². The summed E-state index contributed by atoms with van der Waals surface area (Å²) in [5.41, 5.74) is 0.0157. The molecule has 1 aromatic heterocycles. The van der Waals surface area contributed by atoms with E-state index in [1.807, 2.05) is 32.9 Å². The number of ether oxygens (including phenoxy) is 1. The average Bonchev–Trinajstić information content (AvgIpc) is 2.73.